The van der Waals surface area contributed by atoms with Crippen LogP contribution in [0.3, 0.4) is 0 Å². The molecule has 0 unspecified atom stereocenters. The number of anilines is 1. The molecule has 0 spiro atoms. The molecule has 0 heterocycles. The Labute approximate surface area is 358 Å². The van der Waals surface area contributed by atoms with Crippen molar-refractivity contribution in [1.82, 2.24) is 0 Å². The Morgan fingerprint density at radius 1 is 0.726 bits per heavy atom. The summed E-state index contributed by atoms with van der Waals surface area (Å²) in [5.74, 6) is -0.0304. The van der Waals surface area contributed by atoms with Crippen LogP contribution < -0.4 is 10.5 Å². The molecule has 0 aliphatic rings. The number of nitro groups is 1. The standard InChI is InChI=1S/C38H30N8O13S3/c1-21-15-32(44-45-37-35(61-59-57-51)17-24-16-27(12-14-30(24)38(37)47)41-40-26-10-7-25(39)8-11-26)33(55-2)20-31(21)43-42-28-9-5-22(34(18-28)60-58-56-50)3-4-23-6-13-29(46(48)49)19-36(23)62(52,53)54/h3-20,47,50-51H,39H2,1-2H3,(H,52,53,54). The first kappa shape index (κ1) is 44.8. The van der Waals surface area contributed by atoms with Crippen molar-refractivity contribution in [3.8, 4) is 11.5 Å². The number of hydrogen-bond donors (Lipinski definition) is 5. The zero-order valence-corrected chi connectivity index (χ0v) is 34.2. The Morgan fingerprint density at radius 3 is 2.03 bits per heavy atom. The van der Waals surface area contributed by atoms with Gasteiger partial charge in [-0.25, -0.2) is 10.5 Å². The zero-order chi connectivity index (χ0) is 44.4. The number of rotatable bonds is 17. The molecule has 0 aliphatic carbocycles. The van der Waals surface area contributed by atoms with Crippen LogP contribution in [0.4, 0.5) is 45.5 Å². The van der Waals surface area contributed by atoms with Gasteiger partial charge in [-0.1, -0.05) is 28.3 Å². The van der Waals surface area contributed by atoms with Crippen LogP contribution in [0, 0.1) is 17.0 Å². The van der Waals surface area contributed by atoms with Crippen molar-refractivity contribution < 1.29 is 57.0 Å². The predicted octanol–water partition coefficient (Wildman–Crippen LogP) is 11.9. The average Bonchev–Trinajstić information content (AvgIpc) is 3.25. The molecule has 62 heavy (non-hydrogen) atoms. The topological polar surface area (TPSA) is 305 Å². The molecule has 21 nitrogen and oxygen atoms in total. The second-order valence-corrected chi connectivity index (χ2v) is 15.3. The first-order valence-electron chi connectivity index (χ1n) is 17.2. The highest BCUT2D eigenvalue weighted by molar-refractivity contribution is 7.95. The Bertz CT molecular complexity index is 2880. The fourth-order valence-corrected chi connectivity index (χ4v) is 7.22. The van der Waals surface area contributed by atoms with E-state index >= 15 is 0 Å². The number of nitrogens with zero attached hydrogens (tertiary/aromatic N) is 7. The van der Waals surface area contributed by atoms with Gasteiger partial charge >= 0.3 is 0 Å². The summed E-state index contributed by atoms with van der Waals surface area (Å²) in [6, 6.07) is 24.2. The van der Waals surface area contributed by atoms with Gasteiger partial charge in [0.1, 0.15) is 22.0 Å². The van der Waals surface area contributed by atoms with Crippen LogP contribution in [0.25, 0.3) is 22.9 Å². The number of methoxy groups -OCH3 is 1. The van der Waals surface area contributed by atoms with Crippen LogP contribution >= 0.6 is 24.1 Å². The number of hydrogen-bond acceptors (Lipinski definition) is 21. The number of phenolic OH excluding ortho intramolecular Hbond substituents is 1. The Kier molecular flexibility index (Phi) is 14.6. The molecular weight excluding hydrogens is 873 g/mol. The third kappa shape index (κ3) is 11.2. The molecule has 0 atom stereocenters. The normalized spacial score (nSPS) is 12.1. The lowest BCUT2D eigenvalue weighted by Gasteiger charge is -2.10. The van der Waals surface area contributed by atoms with Crippen molar-refractivity contribution >= 4 is 103 Å². The molecule has 6 N–H and O–H groups in total. The summed E-state index contributed by atoms with van der Waals surface area (Å²) in [6.45, 7) is 1.73. The van der Waals surface area contributed by atoms with Gasteiger partial charge in [-0.15, -0.1) is 18.9 Å². The van der Waals surface area contributed by atoms with Gasteiger partial charge in [0.2, 0.25) is 0 Å². The Morgan fingerprint density at radius 2 is 1.34 bits per heavy atom. The van der Waals surface area contributed by atoms with Gasteiger partial charge in [0.15, 0.2) is 5.75 Å². The number of fused-ring (bicyclic) bond motifs is 1. The lowest BCUT2D eigenvalue weighted by atomic mass is 10.1. The van der Waals surface area contributed by atoms with E-state index in [1.165, 1.54) is 25.3 Å². The van der Waals surface area contributed by atoms with E-state index in [0.717, 1.165) is 18.2 Å². The molecule has 0 aromatic heterocycles. The van der Waals surface area contributed by atoms with Gasteiger partial charge in [0.05, 0.1) is 63.8 Å². The quantitative estimate of drug-likeness (QED) is 0.00830. The lowest BCUT2D eigenvalue weighted by Crippen LogP contribution is -2.02. The van der Waals surface area contributed by atoms with E-state index in [1.54, 1.807) is 79.7 Å². The maximum Gasteiger partial charge on any atom is 0.295 e. The molecule has 318 valence electrons. The minimum atomic E-state index is -4.83. The fourth-order valence-electron chi connectivity index (χ4n) is 5.52. The van der Waals surface area contributed by atoms with Crippen molar-refractivity contribution in [3.63, 3.8) is 0 Å². The summed E-state index contributed by atoms with van der Waals surface area (Å²) in [5, 5.41) is 74.4. The molecule has 0 fully saturated rings. The van der Waals surface area contributed by atoms with Crippen LogP contribution in [0.2, 0.25) is 0 Å². The van der Waals surface area contributed by atoms with Gasteiger partial charge in [-0.05, 0) is 102 Å². The van der Waals surface area contributed by atoms with Crippen molar-refractivity contribution in [2.75, 3.05) is 12.8 Å². The number of nitrogens with two attached hydrogens (primary N) is 1. The van der Waals surface area contributed by atoms with Crippen LogP contribution in [0.5, 0.6) is 11.5 Å². The molecule has 0 saturated carbocycles. The zero-order valence-electron chi connectivity index (χ0n) is 31.8. The number of aromatic hydroxyl groups is 1. The summed E-state index contributed by atoms with van der Waals surface area (Å²) < 4.78 is 48.5. The van der Waals surface area contributed by atoms with E-state index in [4.69, 9.17) is 21.0 Å². The summed E-state index contributed by atoms with van der Waals surface area (Å²) in [5.41, 5.74) is 8.68. The first-order chi connectivity index (χ1) is 29.8. The molecule has 6 aromatic carbocycles. The van der Waals surface area contributed by atoms with E-state index < -0.39 is 25.6 Å². The maximum atomic E-state index is 12.0. The Hall–Kier alpha value is -6.71. The highest BCUT2D eigenvalue weighted by Gasteiger charge is 2.20. The molecule has 0 bridgehead atoms. The summed E-state index contributed by atoms with van der Waals surface area (Å²) in [6.07, 6.45) is 2.73. The average molecular weight is 903 g/mol. The number of nitro benzene ring substituents is 1. The lowest BCUT2D eigenvalue weighted by molar-refractivity contribution is -0.432. The minimum Gasteiger partial charge on any atom is -0.505 e. The van der Waals surface area contributed by atoms with Gasteiger partial charge in [-0.3, -0.25) is 14.7 Å². The number of nitrogen functional groups attached to an aromatic ring is 1. The van der Waals surface area contributed by atoms with Crippen molar-refractivity contribution in [1.29, 1.82) is 0 Å². The first-order valence-corrected chi connectivity index (χ1v) is 20.2. The predicted molar refractivity (Wildman–Crippen MR) is 226 cm³/mol. The molecule has 6 aromatic rings. The Balaban J connectivity index is 1.26. The van der Waals surface area contributed by atoms with Crippen LogP contribution in [0.1, 0.15) is 16.7 Å². The largest absolute Gasteiger partial charge is 0.505 e. The van der Waals surface area contributed by atoms with E-state index in [9.17, 15) is 28.2 Å². The van der Waals surface area contributed by atoms with E-state index in [2.05, 4.69) is 49.4 Å². The summed E-state index contributed by atoms with van der Waals surface area (Å²) in [4.78, 5) is 10.2. The number of non-ortho nitro benzene ring substituents is 1. The summed E-state index contributed by atoms with van der Waals surface area (Å²) >= 11 is 1.14. The smallest absolute Gasteiger partial charge is 0.295 e. The second-order valence-electron chi connectivity index (χ2n) is 12.4. The van der Waals surface area contributed by atoms with Crippen LogP contribution in [-0.4, -0.2) is 40.6 Å². The number of ether oxygens (including phenoxy) is 1. The van der Waals surface area contributed by atoms with E-state index in [0.29, 0.717) is 79.3 Å². The van der Waals surface area contributed by atoms with Crippen molar-refractivity contribution in [2.24, 2.45) is 30.7 Å². The molecule has 24 heteroatoms. The maximum absolute atomic E-state index is 12.0. The molecule has 0 amide bonds. The van der Waals surface area contributed by atoms with Gasteiger partial charge < -0.3 is 15.6 Å². The van der Waals surface area contributed by atoms with Crippen LogP contribution in [-0.2, 0) is 28.9 Å². The minimum absolute atomic E-state index is 0.0200. The van der Waals surface area contributed by atoms with Gasteiger partial charge in [0, 0.05) is 34.2 Å². The molecule has 0 radical (unpaired) electrons. The van der Waals surface area contributed by atoms with E-state index in [1.807, 2.05) is 0 Å². The third-order valence-corrected chi connectivity index (χ3v) is 10.7. The summed E-state index contributed by atoms with van der Waals surface area (Å²) in [7, 11) is -3.43. The molecular formula is C38H30N8O13S3. The van der Waals surface area contributed by atoms with Crippen molar-refractivity contribution in [3.05, 3.63) is 124 Å². The SMILES string of the molecule is COc1cc(N=Nc2ccc(C=Cc3ccc([N+](=O)[O-])cc3S(=O)(=O)O)c(SOOO)c2)c(C)cc1N=Nc1c(SOOO)cc2cc(N=Nc3ccc(N)cc3)ccc2c1O. The van der Waals surface area contributed by atoms with E-state index in [-0.39, 0.29) is 33.3 Å². The number of phenols is 1. The highest BCUT2D eigenvalue weighted by Crippen LogP contribution is 2.46. The molecule has 0 aliphatic heterocycles. The van der Waals surface area contributed by atoms with Gasteiger partial charge in [-0.2, -0.15) is 28.9 Å². The van der Waals surface area contributed by atoms with Crippen molar-refractivity contribution in [2.45, 2.75) is 21.6 Å². The molecule has 6 rings (SSSR count). The fraction of sp³-hybridized carbons (Fsp3) is 0.0526. The third-order valence-electron chi connectivity index (χ3n) is 8.47. The monoisotopic (exact) mass is 902 g/mol. The number of benzene rings is 6. The van der Waals surface area contributed by atoms with Crippen LogP contribution in [0.15, 0.2) is 142 Å². The van der Waals surface area contributed by atoms with Gasteiger partial charge in [0.25, 0.3) is 15.8 Å². The number of aryl methyl sites for hydroxylation is 1. The number of azo groups is 3. The highest BCUT2D eigenvalue weighted by atomic mass is 32.2. The second kappa shape index (κ2) is 20.2. The molecule has 0 saturated heterocycles.